The monoisotopic (exact) mass is 263 g/mol. The number of pyridine rings is 1. The molecule has 0 atom stereocenters. The van der Waals surface area contributed by atoms with Crippen molar-refractivity contribution in [1.82, 2.24) is 19.9 Å². The molecule has 102 valence electrons. The Balaban J connectivity index is 2.30. The zero-order valence-electron chi connectivity index (χ0n) is 11.2. The van der Waals surface area contributed by atoms with Crippen LogP contribution in [0.3, 0.4) is 0 Å². The number of carbonyl (C=O) groups is 1. The lowest BCUT2D eigenvalue weighted by molar-refractivity contribution is 0.249. The summed E-state index contributed by atoms with van der Waals surface area (Å²) in [5.74, 6) is 0.919. The Morgan fingerprint density at radius 2 is 2.21 bits per heavy atom. The first-order valence-electron chi connectivity index (χ1n) is 6.16. The number of anilines is 1. The van der Waals surface area contributed by atoms with Gasteiger partial charge < -0.3 is 10.1 Å². The molecule has 2 rings (SSSR count). The molecule has 0 aliphatic heterocycles. The van der Waals surface area contributed by atoms with Gasteiger partial charge in [0.25, 0.3) is 0 Å². The van der Waals surface area contributed by atoms with Gasteiger partial charge in [-0.05, 0) is 32.9 Å². The van der Waals surface area contributed by atoms with Crippen molar-refractivity contribution in [1.29, 1.82) is 0 Å². The van der Waals surface area contributed by atoms with Crippen molar-refractivity contribution >= 4 is 17.6 Å². The van der Waals surface area contributed by atoms with E-state index in [4.69, 9.17) is 4.74 Å². The number of hydrogen-bond donors (Lipinski definition) is 2. The van der Waals surface area contributed by atoms with Crippen molar-refractivity contribution in [2.24, 2.45) is 0 Å². The molecule has 0 radical (unpaired) electrons. The topological polar surface area (TPSA) is 80.6 Å². The number of nitrogens with one attached hydrogen (secondary N) is 2. The van der Waals surface area contributed by atoms with E-state index < -0.39 is 0 Å². The van der Waals surface area contributed by atoms with Crippen LogP contribution in [0.2, 0.25) is 0 Å². The van der Waals surface area contributed by atoms with Crippen molar-refractivity contribution in [2.75, 3.05) is 11.9 Å². The fourth-order valence-corrected chi connectivity index (χ4v) is 1.65. The van der Waals surface area contributed by atoms with Crippen molar-refractivity contribution in [3.8, 4) is 5.88 Å². The molecule has 7 nitrogen and oxygen atoms in total. The summed E-state index contributed by atoms with van der Waals surface area (Å²) < 4.78 is 7.15. The Morgan fingerprint density at radius 3 is 2.89 bits per heavy atom. The number of nitrogens with zero attached hydrogens (tertiary/aromatic N) is 3. The third-order valence-electron chi connectivity index (χ3n) is 2.33. The SMILES string of the molecule is CCOc1cccc2nnc(NC(=O)NC(C)C)n12. The molecule has 2 amide bonds. The molecule has 0 aliphatic rings. The zero-order chi connectivity index (χ0) is 13.8. The van der Waals surface area contributed by atoms with Crippen molar-refractivity contribution in [3.05, 3.63) is 18.2 Å². The smallest absolute Gasteiger partial charge is 0.321 e. The number of carbonyl (C=O) groups excluding carboxylic acids is 1. The van der Waals surface area contributed by atoms with Crippen LogP contribution in [0.25, 0.3) is 5.65 Å². The Morgan fingerprint density at radius 1 is 1.42 bits per heavy atom. The van der Waals surface area contributed by atoms with Gasteiger partial charge in [0.15, 0.2) is 5.65 Å². The maximum Gasteiger partial charge on any atom is 0.321 e. The van der Waals surface area contributed by atoms with Gasteiger partial charge in [0, 0.05) is 6.04 Å². The van der Waals surface area contributed by atoms with E-state index in [0.29, 0.717) is 24.1 Å². The van der Waals surface area contributed by atoms with E-state index >= 15 is 0 Å². The fourth-order valence-electron chi connectivity index (χ4n) is 1.65. The van der Waals surface area contributed by atoms with Crippen molar-refractivity contribution in [3.63, 3.8) is 0 Å². The predicted octanol–water partition coefficient (Wildman–Crippen LogP) is 1.66. The van der Waals surface area contributed by atoms with Crippen LogP contribution in [0.1, 0.15) is 20.8 Å². The Hall–Kier alpha value is -2.31. The number of ether oxygens (including phenoxy) is 1. The van der Waals surface area contributed by atoms with Gasteiger partial charge in [-0.1, -0.05) is 6.07 Å². The quantitative estimate of drug-likeness (QED) is 0.879. The standard InChI is InChI=1S/C12H17N5O2/c1-4-19-10-7-5-6-9-15-16-11(17(9)10)14-12(18)13-8(2)3/h5-8H,4H2,1-3H3,(H2,13,14,16,18). The van der Waals surface area contributed by atoms with Gasteiger partial charge in [0.2, 0.25) is 11.8 Å². The molecule has 0 unspecified atom stereocenters. The van der Waals surface area contributed by atoms with E-state index in [-0.39, 0.29) is 12.1 Å². The summed E-state index contributed by atoms with van der Waals surface area (Å²) in [5, 5.41) is 13.3. The van der Waals surface area contributed by atoms with Crippen LogP contribution in [0.4, 0.5) is 10.7 Å². The largest absolute Gasteiger partial charge is 0.479 e. The number of amides is 2. The number of rotatable bonds is 4. The maximum absolute atomic E-state index is 11.7. The molecule has 0 aliphatic carbocycles. The zero-order valence-corrected chi connectivity index (χ0v) is 11.2. The van der Waals surface area contributed by atoms with E-state index in [2.05, 4.69) is 20.8 Å². The average molecular weight is 263 g/mol. The number of hydrogen-bond acceptors (Lipinski definition) is 4. The highest BCUT2D eigenvalue weighted by atomic mass is 16.5. The van der Waals surface area contributed by atoms with Crippen LogP contribution in [0, 0.1) is 0 Å². The molecular formula is C12H17N5O2. The maximum atomic E-state index is 11.7. The minimum atomic E-state index is -0.324. The number of aromatic nitrogens is 3. The highest BCUT2D eigenvalue weighted by Crippen LogP contribution is 2.18. The Labute approximate surface area is 111 Å². The summed E-state index contributed by atoms with van der Waals surface area (Å²) in [7, 11) is 0. The molecule has 2 N–H and O–H groups in total. The average Bonchev–Trinajstić information content (AvgIpc) is 2.73. The summed E-state index contributed by atoms with van der Waals surface area (Å²) in [6.45, 7) is 6.18. The van der Waals surface area contributed by atoms with Gasteiger partial charge >= 0.3 is 6.03 Å². The van der Waals surface area contributed by atoms with Gasteiger partial charge in [0.05, 0.1) is 6.61 Å². The van der Waals surface area contributed by atoms with Gasteiger partial charge in [-0.25, -0.2) is 9.20 Å². The van der Waals surface area contributed by atoms with Crippen molar-refractivity contribution < 1.29 is 9.53 Å². The van der Waals surface area contributed by atoms with E-state index in [1.54, 1.807) is 16.5 Å². The minimum absolute atomic E-state index is 0.0468. The molecule has 7 heteroatoms. The number of urea groups is 1. The highest BCUT2D eigenvalue weighted by molar-refractivity contribution is 5.88. The summed E-state index contributed by atoms with van der Waals surface area (Å²) in [5.41, 5.74) is 0.616. The summed E-state index contributed by atoms with van der Waals surface area (Å²) in [6.07, 6.45) is 0. The second-order valence-electron chi connectivity index (χ2n) is 4.27. The predicted molar refractivity (Wildman–Crippen MR) is 71.4 cm³/mol. The summed E-state index contributed by atoms with van der Waals surface area (Å²) >= 11 is 0. The van der Waals surface area contributed by atoms with Crippen LogP contribution in [-0.2, 0) is 0 Å². The first kappa shape index (κ1) is 13.1. The molecule has 19 heavy (non-hydrogen) atoms. The van der Waals surface area contributed by atoms with Crippen LogP contribution in [0.15, 0.2) is 18.2 Å². The van der Waals surface area contributed by atoms with Crippen LogP contribution in [-0.4, -0.2) is 33.3 Å². The lowest BCUT2D eigenvalue weighted by Gasteiger charge is -2.10. The molecule has 0 saturated heterocycles. The molecular weight excluding hydrogens is 246 g/mol. The molecule has 2 heterocycles. The molecule has 2 aromatic heterocycles. The molecule has 0 fully saturated rings. The third-order valence-corrected chi connectivity index (χ3v) is 2.33. The molecule has 2 aromatic rings. The Bertz CT molecular complexity index is 579. The van der Waals surface area contributed by atoms with E-state index in [1.807, 2.05) is 26.8 Å². The van der Waals surface area contributed by atoms with Crippen LogP contribution >= 0.6 is 0 Å². The van der Waals surface area contributed by atoms with Gasteiger partial charge in [-0.3, -0.25) is 5.32 Å². The first-order valence-corrected chi connectivity index (χ1v) is 6.16. The fraction of sp³-hybridized carbons (Fsp3) is 0.417. The lowest BCUT2D eigenvalue weighted by Crippen LogP contribution is -2.34. The van der Waals surface area contributed by atoms with E-state index in [9.17, 15) is 4.79 Å². The lowest BCUT2D eigenvalue weighted by atomic mass is 10.4. The third kappa shape index (κ3) is 2.93. The second kappa shape index (κ2) is 5.55. The number of fused-ring (bicyclic) bond motifs is 1. The van der Waals surface area contributed by atoms with Gasteiger partial charge in [0.1, 0.15) is 0 Å². The normalized spacial score (nSPS) is 10.7. The van der Waals surface area contributed by atoms with Crippen LogP contribution in [0.5, 0.6) is 5.88 Å². The van der Waals surface area contributed by atoms with Crippen molar-refractivity contribution in [2.45, 2.75) is 26.8 Å². The molecule has 0 bridgehead atoms. The van der Waals surface area contributed by atoms with Gasteiger partial charge in [-0.15, -0.1) is 10.2 Å². The summed E-state index contributed by atoms with van der Waals surface area (Å²) in [6, 6.07) is 5.14. The van der Waals surface area contributed by atoms with E-state index in [0.717, 1.165) is 0 Å². The van der Waals surface area contributed by atoms with Gasteiger partial charge in [-0.2, -0.15) is 0 Å². The van der Waals surface area contributed by atoms with E-state index in [1.165, 1.54) is 0 Å². The summed E-state index contributed by atoms with van der Waals surface area (Å²) in [4.78, 5) is 11.7. The second-order valence-corrected chi connectivity index (χ2v) is 4.27. The first-order chi connectivity index (χ1) is 9.11. The van der Waals surface area contributed by atoms with Crippen LogP contribution < -0.4 is 15.4 Å². The minimum Gasteiger partial charge on any atom is -0.479 e. The molecule has 0 aromatic carbocycles. The highest BCUT2D eigenvalue weighted by Gasteiger charge is 2.12. The molecule has 0 saturated carbocycles. The Kier molecular flexibility index (Phi) is 3.84. The molecule has 0 spiro atoms.